The summed E-state index contributed by atoms with van der Waals surface area (Å²) in [5.74, 6) is -0.252. The first-order chi connectivity index (χ1) is 9.79. The molecule has 0 bridgehead atoms. The number of allylic oxidation sites excluding steroid dienone is 4. The Bertz CT molecular complexity index is 461. The lowest BCUT2D eigenvalue weighted by atomic mass is 10.2. The van der Waals surface area contributed by atoms with Crippen LogP contribution in [0.15, 0.2) is 54.8 Å². The third-order valence-electron chi connectivity index (χ3n) is 2.48. The van der Waals surface area contributed by atoms with Gasteiger partial charge in [0.05, 0.1) is 5.69 Å². The van der Waals surface area contributed by atoms with Crippen LogP contribution in [0.1, 0.15) is 31.9 Å². The molecule has 0 aliphatic heterocycles. The highest BCUT2D eigenvalue weighted by Crippen LogP contribution is 2.02. The Morgan fingerprint density at radius 3 is 2.75 bits per heavy atom. The molecule has 0 N–H and O–H groups in total. The van der Waals surface area contributed by atoms with Crippen molar-refractivity contribution in [2.45, 2.75) is 26.2 Å². The van der Waals surface area contributed by atoms with Crippen LogP contribution in [-0.4, -0.2) is 17.6 Å². The van der Waals surface area contributed by atoms with Crippen LogP contribution in [0.2, 0.25) is 0 Å². The lowest BCUT2D eigenvalue weighted by molar-refractivity contribution is -0.139. The Kier molecular flexibility index (Phi) is 8.53. The fourth-order valence-electron chi connectivity index (χ4n) is 1.51. The van der Waals surface area contributed by atoms with E-state index in [9.17, 15) is 4.79 Å². The van der Waals surface area contributed by atoms with E-state index >= 15 is 0 Å². The van der Waals surface area contributed by atoms with Gasteiger partial charge in [0.15, 0.2) is 0 Å². The van der Waals surface area contributed by atoms with Gasteiger partial charge in [-0.3, -0.25) is 9.78 Å². The molecule has 106 valence electrons. The van der Waals surface area contributed by atoms with Crippen LogP contribution >= 0.6 is 0 Å². The van der Waals surface area contributed by atoms with Gasteiger partial charge in [-0.05, 0) is 43.5 Å². The molecule has 0 fully saturated rings. The minimum Gasteiger partial charge on any atom is -0.462 e. The Labute approximate surface area is 120 Å². The SMILES string of the molecule is CC(=O)OC/C=C/C=C/CCC/C=C/c1ccccn1. The van der Waals surface area contributed by atoms with Crippen LogP contribution in [0.5, 0.6) is 0 Å². The van der Waals surface area contributed by atoms with E-state index in [0.717, 1.165) is 25.0 Å². The number of ether oxygens (including phenoxy) is 1. The van der Waals surface area contributed by atoms with Crippen LogP contribution in [0.25, 0.3) is 6.08 Å². The number of aromatic nitrogens is 1. The predicted octanol–water partition coefficient (Wildman–Crippen LogP) is 3.94. The van der Waals surface area contributed by atoms with Gasteiger partial charge in [0, 0.05) is 13.1 Å². The zero-order valence-electron chi connectivity index (χ0n) is 11.9. The van der Waals surface area contributed by atoms with E-state index in [2.05, 4.69) is 17.1 Å². The highest BCUT2D eigenvalue weighted by molar-refractivity contribution is 5.65. The molecular formula is C17H21NO2. The summed E-state index contributed by atoms with van der Waals surface area (Å²) in [6, 6.07) is 5.89. The smallest absolute Gasteiger partial charge is 0.302 e. The second-order valence-electron chi connectivity index (χ2n) is 4.25. The number of nitrogens with zero attached hydrogens (tertiary/aromatic N) is 1. The minimum absolute atomic E-state index is 0.252. The van der Waals surface area contributed by atoms with Crippen molar-refractivity contribution in [2.75, 3.05) is 6.61 Å². The molecule has 1 aromatic heterocycles. The van der Waals surface area contributed by atoms with Gasteiger partial charge in [-0.25, -0.2) is 0 Å². The van der Waals surface area contributed by atoms with E-state index in [-0.39, 0.29) is 5.97 Å². The zero-order chi connectivity index (χ0) is 14.5. The highest BCUT2D eigenvalue weighted by atomic mass is 16.5. The first-order valence-electron chi connectivity index (χ1n) is 6.81. The second kappa shape index (κ2) is 10.7. The van der Waals surface area contributed by atoms with Crippen LogP contribution < -0.4 is 0 Å². The predicted molar refractivity (Wildman–Crippen MR) is 82.0 cm³/mol. The molecule has 20 heavy (non-hydrogen) atoms. The molecular weight excluding hydrogens is 250 g/mol. The molecule has 0 aliphatic rings. The van der Waals surface area contributed by atoms with Crippen LogP contribution in [0.3, 0.4) is 0 Å². The van der Waals surface area contributed by atoms with Crippen molar-refractivity contribution in [3.63, 3.8) is 0 Å². The molecule has 0 saturated heterocycles. The number of carbonyl (C=O) groups excluding carboxylic acids is 1. The third kappa shape index (κ3) is 8.86. The molecule has 0 amide bonds. The summed E-state index contributed by atoms with van der Waals surface area (Å²) >= 11 is 0. The largest absolute Gasteiger partial charge is 0.462 e. The first kappa shape index (κ1) is 15.9. The lowest BCUT2D eigenvalue weighted by Crippen LogP contribution is -1.96. The summed E-state index contributed by atoms with van der Waals surface area (Å²) in [6.45, 7) is 1.74. The summed E-state index contributed by atoms with van der Waals surface area (Å²) in [6.07, 6.45) is 17.0. The molecule has 3 heteroatoms. The Morgan fingerprint density at radius 2 is 2.00 bits per heavy atom. The molecule has 0 unspecified atom stereocenters. The quantitative estimate of drug-likeness (QED) is 0.408. The second-order valence-corrected chi connectivity index (χ2v) is 4.25. The van der Waals surface area contributed by atoms with Gasteiger partial charge in [0.1, 0.15) is 6.61 Å². The number of pyridine rings is 1. The number of unbranched alkanes of at least 4 members (excludes halogenated alkanes) is 2. The summed E-state index contributed by atoms with van der Waals surface area (Å²) in [4.78, 5) is 14.7. The van der Waals surface area contributed by atoms with Crippen LogP contribution in [0.4, 0.5) is 0 Å². The number of hydrogen-bond acceptors (Lipinski definition) is 3. The number of carbonyl (C=O) groups is 1. The average molecular weight is 271 g/mol. The summed E-state index contributed by atoms with van der Waals surface area (Å²) < 4.78 is 4.77. The van der Waals surface area contributed by atoms with E-state index in [1.54, 1.807) is 6.20 Å². The molecule has 0 aliphatic carbocycles. The normalized spacial score (nSPS) is 11.7. The monoisotopic (exact) mass is 271 g/mol. The topological polar surface area (TPSA) is 39.2 Å². The Hall–Kier alpha value is -2.16. The van der Waals surface area contributed by atoms with Crippen molar-refractivity contribution >= 4 is 12.0 Å². The molecule has 0 saturated carbocycles. The van der Waals surface area contributed by atoms with E-state index in [4.69, 9.17) is 4.74 Å². The molecule has 0 atom stereocenters. The van der Waals surface area contributed by atoms with E-state index < -0.39 is 0 Å². The van der Waals surface area contributed by atoms with Crippen LogP contribution in [0, 0.1) is 0 Å². The maximum atomic E-state index is 10.5. The summed E-state index contributed by atoms with van der Waals surface area (Å²) in [7, 11) is 0. The number of rotatable bonds is 8. The van der Waals surface area contributed by atoms with Crippen molar-refractivity contribution in [2.24, 2.45) is 0 Å². The van der Waals surface area contributed by atoms with Gasteiger partial charge in [0.2, 0.25) is 0 Å². The Balaban J connectivity index is 2.04. The van der Waals surface area contributed by atoms with Gasteiger partial charge in [-0.1, -0.05) is 30.4 Å². The molecule has 0 aromatic carbocycles. The fourth-order valence-corrected chi connectivity index (χ4v) is 1.51. The van der Waals surface area contributed by atoms with Gasteiger partial charge in [-0.15, -0.1) is 0 Å². The van der Waals surface area contributed by atoms with Crippen molar-refractivity contribution in [3.05, 3.63) is 60.5 Å². The van der Waals surface area contributed by atoms with Gasteiger partial charge >= 0.3 is 5.97 Å². The van der Waals surface area contributed by atoms with Crippen molar-refractivity contribution < 1.29 is 9.53 Å². The van der Waals surface area contributed by atoms with Gasteiger partial charge < -0.3 is 4.74 Å². The van der Waals surface area contributed by atoms with Crippen molar-refractivity contribution in [3.8, 4) is 0 Å². The molecule has 0 spiro atoms. The Morgan fingerprint density at radius 1 is 1.20 bits per heavy atom. The zero-order valence-corrected chi connectivity index (χ0v) is 11.9. The lowest BCUT2D eigenvalue weighted by Gasteiger charge is -1.93. The van der Waals surface area contributed by atoms with E-state index in [1.807, 2.05) is 42.5 Å². The van der Waals surface area contributed by atoms with Crippen LogP contribution in [-0.2, 0) is 9.53 Å². The number of esters is 1. The fraction of sp³-hybridized carbons (Fsp3) is 0.294. The van der Waals surface area contributed by atoms with E-state index in [1.165, 1.54) is 6.92 Å². The third-order valence-corrected chi connectivity index (χ3v) is 2.48. The summed E-state index contributed by atoms with van der Waals surface area (Å²) in [5, 5.41) is 0. The van der Waals surface area contributed by atoms with Crippen molar-refractivity contribution in [1.82, 2.24) is 4.98 Å². The molecule has 1 heterocycles. The van der Waals surface area contributed by atoms with Gasteiger partial charge in [0.25, 0.3) is 0 Å². The highest BCUT2D eigenvalue weighted by Gasteiger charge is 1.86. The average Bonchev–Trinajstić information content (AvgIpc) is 2.45. The van der Waals surface area contributed by atoms with Crippen molar-refractivity contribution in [1.29, 1.82) is 0 Å². The first-order valence-corrected chi connectivity index (χ1v) is 6.81. The standard InChI is InChI=1S/C17H21NO2/c1-16(19)20-15-11-7-5-3-2-4-6-8-12-17-13-9-10-14-18-17/h3,5,7-14H,2,4,6,15H2,1H3/b5-3+,11-7+,12-8+. The molecule has 1 rings (SSSR count). The summed E-state index contributed by atoms with van der Waals surface area (Å²) in [5.41, 5.74) is 0.997. The van der Waals surface area contributed by atoms with E-state index in [0.29, 0.717) is 6.61 Å². The number of hydrogen-bond donors (Lipinski definition) is 0. The molecule has 3 nitrogen and oxygen atoms in total. The minimum atomic E-state index is -0.252. The maximum absolute atomic E-state index is 10.5. The maximum Gasteiger partial charge on any atom is 0.302 e. The van der Waals surface area contributed by atoms with Gasteiger partial charge in [-0.2, -0.15) is 0 Å². The molecule has 1 aromatic rings. The molecule has 0 radical (unpaired) electrons.